The molecule has 2 rings (SSSR count). The number of anilines is 1. The number of halogens is 1. The molecule has 0 saturated carbocycles. The summed E-state index contributed by atoms with van der Waals surface area (Å²) in [4.78, 5) is 0. The van der Waals surface area contributed by atoms with Gasteiger partial charge < -0.3 is 5.73 Å². The van der Waals surface area contributed by atoms with Crippen LogP contribution in [0.15, 0.2) is 28.0 Å². The molecule has 1 aromatic carbocycles. The molecule has 6 heteroatoms. The first-order valence-corrected chi connectivity index (χ1v) is 6.05. The molecular weight excluding hydrogens is 233 g/mol. The molecule has 0 fully saturated rings. The zero-order valence-electron chi connectivity index (χ0n) is 7.68. The molecule has 15 heavy (non-hydrogen) atoms. The number of benzene rings is 1. The number of hydrogen-bond acceptors (Lipinski definition) is 5. The fourth-order valence-electron chi connectivity index (χ4n) is 1.06. The summed E-state index contributed by atoms with van der Waals surface area (Å²) in [5.41, 5.74) is 8.74. The molecule has 78 valence electrons. The molecule has 0 amide bonds. The molecule has 0 aliphatic rings. The summed E-state index contributed by atoms with van der Waals surface area (Å²) in [5, 5.41) is 7.62. The summed E-state index contributed by atoms with van der Waals surface area (Å²) >= 11 is 3.02. The maximum absolute atomic E-state index is 12.8. The quantitative estimate of drug-likeness (QED) is 0.662. The lowest BCUT2D eigenvalue weighted by Gasteiger charge is -2.03. The van der Waals surface area contributed by atoms with Gasteiger partial charge >= 0.3 is 0 Å². The van der Waals surface area contributed by atoms with E-state index in [1.807, 2.05) is 0 Å². The topological polar surface area (TPSA) is 51.8 Å². The first-order valence-electron chi connectivity index (χ1n) is 4.18. The van der Waals surface area contributed by atoms with Crippen LogP contribution in [0.2, 0.25) is 0 Å². The van der Waals surface area contributed by atoms with Crippen LogP contribution in [0.5, 0.6) is 0 Å². The van der Waals surface area contributed by atoms with Crippen molar-refractivity contribution in [3.63, 3.8) is 0 Å². The van der Waals surface area contributed by atoms with E-state index >= 15 is 0 Å². The van der Waals surface area contributed by atoms with Crippen LogP contribution < -0.4 is 5.73 Å². The summed E-state index contributed by atoms with van der Waals surface area (Å²) in [6, 6.07) is 4.43. The van der Waals surface area contributed by atoms with E-state index in [2.05, 4.69) is 10.2 Å². The number of rotatable bonds is 3. The van der Waals surface area contributed by atoms with Gasteiger partial charge in [-0.15, -0.1) is 10.2 Å². The van der Waals surface area contributed by atoms with Gasteiger partial charge in [0.25, 0.3) is 0 Å². The molecule has 0 radical (unpaired) electrons. The van der Waals surface area contributed by atoms with Gasteiger partial charge in [0.05, 0.1) is 0 Å². The van der Waals surface area contributed by atoms with Crippen molar-refractivity contribution in [3.05, 3.63) is 35.1 Å². The minimum absolute atomic E-state index is 0.308. The lowest BCUT2D eigenvalue weighted by atomic mass is 10.2. The monoisotopic (exact) mass is 241 g/mol. The van der Waals surface area contributed by atoms with Crippen LogP contribution >= 0.6 is 23.1 Å². The van der Waals surface area contributed by atoms with Crippen LogP contribution in [-0.4, -0.2) is 10.2 Å². The van der Waals surface area contributed by atoms with Gasteiger partial charge in [0.15, 0.2) is 4.34 Å². The number of nitrogen functional groups attached to an aromatic ring is 1. The highest BCUT2D eigenvalue weighted by Crippen LogP contribution is 2.26. The summed E-state index contributed by atoms with van der Waals surface area (Å²) in [6.07, 6.45) is 0. The molecule has 2 aromatic rings. The molecule has 3 nitrogen and oxygen atoms in total. The summed E-state index contributed by atoms with van der Waals surface area (Å²) in [7, 11) is 0. The Kier molecular flexibility index (Phi) is 3.17. The molecule has 0 aliphatic heterocycles. The first kappa shape index (κ1) is 10.4. The van der Waals surface area contributed by atoms with E-state index in [4.69, 9.17) is 5.73 Å². The second-order valence-corrected chi connectivity index (χ2v) is 4.89. The minimum Gasteiger partial charge on any atom is -0.398 e. The second kappa shape index (κ2) is 4.59. The van der Waals surface area contributed by atoms with Gasteiger partial charge in [-0.2, -0.15) is 0 Å². The lowest BCUT2D eigenvalue weighted by molar-refractivity contribution is 0.628. The van der Waals surface area contributed by atoms with Gasteiger partial charge in [-0.1, -0.05) is 29.2 Å². The number of nitrogens with two attached hydrogens (primary N) is 1. The van der Waals surface area contributed by atoms with E-state index in [0.717, 1.165) is 9.90 Å². The highest BCUT2D eigenvalue weighted by Gasteiger charge is 2.03. The Labute approximate surface area is 94.5 Å². The van der Waals surface area contributed by atoms with Crippen LogP contribution in [-0.2, 0) is 5.75 Å². The largest absolute Gasteiger partial charge is 0.398 e. The molecule has 0 unspecified atom stereocenters. The van der Waals surface area contributed by atoms with Crippen molar-refractivity contribution in [1.82, 2.24) is 10.2 Å². The number of aromatic nitrogens is 2. The van der Waals surface area contributed by atoms with Crippen molar-refractivity contribution in [1.29, 1.82) is 0 Å². The van der Waals surface area contributed by atoms with Crippen LogP contribution in [0.3, 0.4) is 0 Å². The average Bonchev–Trinajstić information content (AvgIpc) is 2.69. The van der Waals surface area contributed by atoms with E-state index in [1.54, 1.807) is 23.3 Å². The third-order valence-electron chi connectivity index (χ3n) is 1.80. The maximum atomic E-state index is 12.8. The van der Waals surface area contributed by atoms with E-state index in [-0.39, 0.29) is 5.82 Å². The van der Waals surface area contributed by atoms with Crippen LogP contribution in [0, 0.1) is 5.82 Å². The summed E-state index contributed by atoms with van der Waals surface area (Å²) < 4.78 is 13.6. The Morgan fingerprint density at radius 3 is 3.00 bits per heavy atom. The van der Waals surface area contributed by atoms with E-state index in [0.29, 0.717) is 11.4 Å². The molecule has 0 saturated heterocycles. The van der Waals surface area contributed by atoms with Crippen molar-refractivity contribution in [2.75, 3.05) is 5.73 Å². The highest BCUT2D eigenvalue weighted by molar-refractivity contribution is 8.00. The third kappa shape index (κ3) is 2.66. The van der Waals surface area contributed by atoms with Gasteiger partial charge in [0.2, 0.25) is 0 Å². The summed E-state index contributed by atoms with van der Waals surface area (Å²) in [5.74, 6) is 0.374. The van der Waals surface area contributed by atoms with Gasteiger partial charge in [0.1, 0.15) is 11.3 Å². The molecule has 0 bridgehead atoms. The Bertz CT molecular complexity index is 445. The van der Waals surface area contributed by atoms with Gasteiger partial charge in [0, 0.05) is 11.4 Å². The lowest BCUT2D eigenvalue weighted by Crippen LogP contribution is -1.93. The number of thioether (sulfide) groups is 1. The van der Waals surface area contributed by atoms with E-state index in [1.165, 1.54) is 23.5 Å². The van der Waals surface area contributed by atoms with Crippen molar-refractivity contribution in [3.8, 4) is 0 Å². The Hall–Kier alpha value is -1.14. The summed E-state index contributed by atoms with van der Waals surface area (Å²) in [6.45, 7) is 0. The van der Waals surface area contributed by atoms with Crippen molar-refractivity contribution in [2.24, 2.45) is 0 Å². The zero-order chi connectivity index (χ0) is 10.7. The smallest absolute Gasteiger partial charge is 0.174 e. The number of nitrogens with zero attached hydrogens (tertiary/aromatic N) is 2. The Morgan fingerprint density at radius 2 is 2.33 bits per heavy atom. The van der Waals surface area contributed by atoms with Crippen LogP contribution in [0.4, 0.5) is 10.1 Å². The minimum atomic E-state index is -0.308. The van der Waals surface area contributed by atoms with Crippen LogP contribution in [0.1, 0.15) is 5.56 Å². The van der Waals surface area contributed by atoms with E-state index in [9.17, 15) is 4.39 Å². The zero-order valence-corrected chi connectivity index (χ0v) is 9.32. The standard InChI is InChI=1S/C9H8FN3S2/c10-7-2-1-6(8(11)3-7)4-14-9-13-12-5-15-9/h1-3,5H,4,11H2. The molecule has 0 aliphatic carbocycles. The molecular formula is C9H8FN3S2. The fourth-order valence-corrected chi connectivity index (χ4v) is 2.57. The fraction of sp³-hybridized carbons (Fsp3) is 0.111. The molecule has 2 N–H and O–H groups in total. The molecule has 0 atom stereocenters. The third-order valence-corrected chi connectivity index (χ3v) is 3.71. The van der Waals surface area contributed by atoms with Crippen molar-refractivity contribution >= 4 is 28.8 Å². The molecule has 1 heterocycles. The van der Waals surface area contributed by atoms with Crippen molar-refractivity contribution in [2.45, 2.75) is 10.1 Å². The maximum Gasteiger partial charge on any atom is 0.174 e. The SMILES string of the molecule is Nc1cc(F)ccc1CSc1nncs1. The number of hydrogen-bond donors (Lipinski definition) is 1. The van der Waals surface area contributed by atoms with Gasteiger partial charge in [-0.05, 0) is 17.7 Å². The predicted molar refractivity (Wildman–Crippen MR) is 60.3 cm³/mol. The second-order valence-electron chi connectivity index (χ2n) is 2.84. The first-order chi connectivity index (χ1) is 7.25. The average molecular weight is 241 g/mol. The predicted octanol–water partition coefficient (Wildman–Crippen LogP) is 2.55. The highest BCUT2D eigenvalue weighted by atomic mass is 32.2. The van der Waals surface area contributed by atoms with Gasteiger partial charge in [-0.25, -0.2) is 4.39 Å². The Morgan fingerprint density at radius 1 is 1.47 bits per heavy atom. The van der Waals surface area contributed by atoms with E-state index < -0.39 is 0 Å². The molecule has 0 spiro atoms. The van der Waals surface area contributed by atoms with Crippen LogP contribution in [0.25, 0.3) is 0 Å². The molecule has 1 aromatic heterocycles. The van der Waals surface area contributed by atoms with Crippen molar-refractivity contribution < 1.29 is 4.39 Å². The Balaban J connectivity index is 2.05. The van der Waals surface area contributed by atoms with Gasteiger partial charge in [-0.3, -0.25) is 0 Å². The normalized spacial score (nSPS) is 10.5.